The molecule has 4 aromatic carbocycles. The normalized spacial score (nSPS) is 10.8. The number of carbonyl (C=O) groups is 1. The molecular formula is C30H22BrN3O5. The molecule has 194 valence electrons. The van der Waals surface area contributed by atoms with E-state index in [4.69, 9.17) is 9.47 Å². The number of carbonyl (C=O) groups excluding carboxylic acids is 1. The standard InChI is InChI=1S/C30H22BrN3O5/c31-25-10-8-21(9-11-25)19-38-28-14-12-26(13-15-28)33-30(35)24(18-32)17-23-5-1-2-7-29(23)39-20-22-4-3-6-27(16-22)34(36)37/h1-17H,19-20H2,(H,33,35)/b24-17+. The van der Waals surface area contributed by atoms with E-state index in [2.05, 4.69) is 21.2 Å². The minimum atomic E-state index is -0.575. The quantitative estimate of drug-likeness (QED) is 0.0924. The van der Waals surface area contributed by atoms with E-state index in [1.807, 2.05) is 30.3 Å². The molecule has 9 heteroatoms. The smallest absolute Gasteiger partial charge is 0.269 e. The summed E-state index contributed by atoms with van der Waals surface area (Å²) in [5.41, 5.74) is 2.52. The molecule has 0 radical (unpaired) electrons. The molecule has 1 amide bonds. The number of para-hydroxylation sites is 1. The van der Waals surface area contributed by atoms with Gasteiger partial charge >= 0.3 is 0 Å². The largest absolute Gasteiger partial charge is 0.489 e. The predicted octanol–water partition coefficient (Wildman–Crippen LogP) is 7.06. The summed E-state index contributed by atoms with van der Waals surface area (Å²) in [6, 6.07) is 29.7. The van der Waals surface area contributed by atoms with Gasteiger partial charge < -0.3 is 14.8 Å². The highest BCUT2D eigenvalue weighted by molar-refractivity contribution is 9.10. The number of ether oxygens (including phenoxy) is 2. The lowest BCUT2D eigenvalue weighted by Crippen LogP contribution is -2.13. The Kier molecular flexibility index (Phi) is 9.06. The molecule has 0 bridgehead atoms. The van der Waals surface area contributed by atoms with E-state index in [1.54, 1.807) is 60.7 Å². The van der Waals surface area contributed by atoms with E-state index < -0.39 is 10.8 Å². The van der Waals surface area contributed by atoms with Crippen molar-refractivity contribution in [2.75, 3.05) is 5.32 Å². The topological polar surface area (TPSA) is 114 Å². The zero-order valence-corrected chi connectivity index (χ0v) is 22.1. The van der Waals surface area contributed by atoms with E-state index in [0.717, 1.165) is 10.0 Å². The summed E-state index contributed by atoms with van der Waals surface area (Å²) in [4.78, 5) is 23.4. The maximum absolute atomic E-state index is 12.8. The number of nitrogens with one attached hydrogen (secondary N) is 1. The van der Waals surface area contributed by atoms with Crippen molar-refractivity contribution in [3.63, 3.8) is 0 Å². The Bertz CT molecular complexity index is 1540. The van der Waals surface area contributed by atoms with E-state index in [1.165, 1.54) is 18.2 Å². The van der Waals surface area contributed by atoms with Gasteiger partial charge in [-0.1, -0.05) is 58.4 Å². The van der Waals surface area contributed by atoms with Crippen LogP contribution in [0.2, 0.25) is 0 Å². The van der Waals surface area contributed by atoms with Crippen LogP contribution in [0.4, 0.5) is 11.4 Å². The zero-order chi connectivity index (χ0) is 27.6. The van der Waals surface area contributed by atoms with Crippen LogP contribution in [0, 0.1) is 21.4 Å². The van der Waals surface area contributed by atoms with Crippen LogP contribution < -0.4 is 14.8 Å². The maximum atomic E-state index is 12.8. The number of benzene rings is 4. The summed E-state index contributed by atoms with van der Waals surface area (Å²) in [6.45, 7) is 0.486. The lowest BCUT2D eigenvalue weighted by molar-refractivity contribution is -0.384. The van der Waals surface area contributed by atoms with Gasteiger partial charge in [0.2, 0.25) is 0 Å². The summed E-state index contributed by atoms with van der Waals surface area (Å²) in [7, 11) is 0. The Morgan fingerprint density at radius 2 is 1.64 bits per heavy atom. The van der Waals surface area contributed by atoms with Crippen LogP contribution in [0.5, 0.6) is 11.5 Å². The molecule has 0 unspecified atom stereocenters. The van der Waals surface area contributed by atoms with E-state index in [-0.39, 0.29) is 17.9 Å². The minimum Gasteiger partial charge on any atom is -0.489 e. The first-order valence-electron chi connectivity index (χ1n) is 11.8. The van der Waals surface area contributed by atoms with Crippen molar-refractivity contribution in [3.05, 3.63) is 134 Å². The number of halogens is 1. The van der Waals surface area contributed by atoms with E-state index in [9.17, 15) is 20.2 Å². The van der Waals surface area contributed by atoms with Crippen LogP contribution in [-0.2, 0) is 18.0 Å². The van der Waals surface area contributed by atoms with Crippen LogP contribution in [0.1, 0.15) is 16.7 Å². The number of nitriles is 1. The summed E-state index contributed by atoms with van der Waals surface area (Å²) in [5.74, 6) is 0.494. The third kappa shape index (κ3) is 7.77. The number of nitro benzene ring substituents is 1. The zero-order valence-electron chi connectivity index (χ0n) is 20.5. The number of rotatable bonds is 10. The molecule has 0 saturated heterocycles. The average molecular weight is 584 g/mol. The lowest BCUT2D eigenvalue weighted by atomic mass is 10.1. The van der Waals surface area contributed by atoms with Crippen molar-refractivity contribution < 1.29 is 19.2 Å². The molecule has 0 aliphatic heterocycles. The molecular weight excluding hydrogens is 562 g/mol. The lowest BCUT2D eigenvalue weighted by Gasteiger charge is -2.10. The Labute approximate surface area is 233 Å². The number of hydrogen-bond donors (Lipinski definition) is 1. The Morgan fingerprint density at radius 1 is 0.923 bits per heavy atom. The van der Waals surface area contributed by atoms with Crippen molar-refractivity contribution in [1.29, 1.82) is 5.26 Å². The predicted molar refractivity (Wildman–Crippen MR) is 151 cm³/mol. The van der Waals surface area contributed by atoms with Crippen molar-refractivity contribution in [2.45, 2.75) is 13.2 Å². The van der Waals surface area contributed by atoms with Gasteiger partial charge in [0.25, 0.3) is 11.6 Å². The molecule has 4 rings (SSSR count). The second-order valence-electron chi connectivity index (χ2n) is 8.32. The third-order valence-electron chi connectivity index (χ3n) is 5.53. The molecule has 0 saturated carbocycles. The first-order valence-corrected chi connectivity index (χ1v) is 12.6. The van der Waals surface area contributed by atoms with Gasteiger partial charge in [0, 0.05) is 27.9 Å². The molecule has 4 aromatic rings. The molecule has 0 atom stereocenters. The van der Waals surface area contributed by atoms with Crippen LogP contribution in [0.3, 0.4) is 0 Å². The number of nitro groups is 1. The fraction of sp³-hybridized carbons (Fsp3) is 0.0667. The molecule has 8 nitrogen and oxygen atoms in total. The summed E-state index contributed by atoms with van der Waals surface area (Å²) >= 11 is 3.40. The molecule has 0 heterocycles. The van der Waals surface area contributed by atoms with Gasteiger partial charge in [0.1, 0.15) is 36.4 Å². The second-order valence-corrected chi connectivity index (χ2v) is 9.23. The summed E-state index contributed by atoms with van der Waals surface area (Å²) in [6.07, 6.45) is 1.44. The number of hydrogen-bond acceptors (Lipinski definition) is 6. The summed E-state index contributed by atoms with van der Waals surface area (Å²) < 4.78 is 12.6. The fourth-order valence-corrected chi connectivity index (χ4v) is 3.80. The van der Waals surface area contributed by atoms with Crippen molar-refractivity contribution in [3.8, 4) is 17.6 Å². The Hall–Kier alpha value is -4.94. The van der Waals surface area contributed by atoms with Gasteiger partial charge in [0.05, 0.1) is 4.92 Å². The second kappa shape index (κ2) is 13.0. The Morgan fingerprint density at radius 3 is 2.36 bits per heavy atom. The molecule has 0 aliphatic rings. The first kappa shape index (κ1) is 27.1. The van der Waals surface area contributed by atoms with Crippen LogP contribution in [-0.4, -0.2) is 10.8 Å². The molecule has 0 aromatic heterocycles. The molecule has 0 spiro atoms. The fourth-order valence-electron chi connectivity index (χ4n) is 3.54. The van der Waals surface area contributed by atoms with Crippen molar-refractivity contribution in [1.82, 2.24) is 0 Å². The van der Waals surface area contributed by atoms with E-state index in [0.29, 0.717) is 34.9 Å². The SMILES string of the molecule is N#C/C(=C\c1ccccc1OCc1cccc([N+](=O)[O-])c1)C(=O)Nc1ccc(OCc2ccc(Br)cc2)cc1. The van der Waals surface area contributed by atoms with Crippen molar-refractivity contribution >= 4 is 39.3 Å². The van der Waals surface area contributed by atoms with E-state index >= 15 is 0 Å². The third-order valence-corrected chi connectivity index (χ3v) is 6.06. The highest BCUT2D eigenvalue weighted by Crippen LogP contribution is 2.24. The van der Waals surface area contributed by atoms with Gasteiger partial charge in [-0.2, -0.15) is 5.26 Å². The van der Waals surface area contributed by atoms with Crippen LogP contribution in [0.25, 0.3) is 6.08 Å². The summed E-state index contributed by atoms with van der Waals surface area (Å²) in [5, 5.41) is 23.4. The maximum Gasteiger partial charge on any atom is 0.269 e. The molecule has 0 fully saturated rings. The van der Waals surface area contributed by atoms with Gasteiger partial charge in [-0.25, -0.2) is 0 Å². The number of nitrogens with zero attached hydrogens (tertiary/aromatic N) is 2. The highest BCUT2D eigenvalue weighted by atomic mass is 79.9. The van der Waals surface area contributed by atoms with Gasteiger partial charge in [-0.05, 0) is 59.7 Å². The number of amides is 1. The van der Waals surface area contributed by atoms with Gasteiger partial charge in [-0.3, -0.25) is 14.9 Å². The molecule has 0 aliphatic carbocycles. The van der Waals surface area contributed by atoms with Crippen LogP contribution >= 0.6 is 15.9 Å². The van der Waals surface area contributed by atoms with Crippen LogP contribution in [0.15, 0.2) is 107 Å². The number of non-ortho nitro benzene ring substituents is 1. The highest BCUT2D eigenvalue weighted by Gasteiger charge is 2.12. The van der Waals surface area contributed by atoms with Gasteiger partial charge in [0.15, 0.2) is 0 Å². The number of anilines is 1. The average Bonchev–Trinajstić information content (AvgIpc) is 2.96. The van der Waals surface area contributed by atoms with Gasteiger partial charge in [-0.15, -0.1) is 0 Å². The molecule has 39 heavy (non-hydrogen) atoms. The van der Waals surface area contributed by atoms with Crippen molar-refractivity contribution in [2.24, 2.45) is 0 Å². The Balaban J connectivity index is 1.40. The minimum absolute atomic E-state index is 0.0306. The first-order chi connectivity index (χ1) is 18.9. The molecule has 1 N–H and O–H groups in total. The monoisotopic (exact) mass is 583 g/mol.